The molecule has 4 rings (SSSR count). The van der Waals surface area contributed by atoms with Crippen molar-refractivity contribution in [3.05, 3.63) is 59.2 Å². The van der Waals surface area contributed by atoms with Gasteiger partial charge < -0.3 is 15.1 Å². The molecule has 0 aromatic heterocycles. The van der Waals surface area contributed by atoms with E-state index in [9.17, 15) is 14.4 Å². The van der Waals surface area contributed by atoms with Crippen molar-refractivity contribution in [2.24, 2.45) is 5.92 Å². The minimum atomic E-state index is -0.352. The standard InChI is InChI=1S/C24H27N3O3/c1-3-17-4-6-18(7-5-17)14-25-24(30)20-13-23(29)27(15-20)21-8-9-22-19(12-21)10-11-26(22)16(2)28/h4-9,12,20H,3,10-11,13-15H2,1-2H3,(H,25,30)/t20-/m1/s1. The average molecular weight is 405 g/mol. The van der Waals surface area contributed by atoms with Crippen LogP contribution in [0.3, 0.4) is 0 Å². The molecule has 0 bridgehead atoms. The van der Waals surface area contributed by atoms with E-state index < -0.39 is 0 Å². The smallest absolute Gasteiger partial charge is 0.227 e. The number of aryl methyl sites for hydroxylation is 1. The van der Waals surface area contributed by atoms with Gasteiger partial charge in [0.25, 0.3) is 0 Å². The molecule has 2 aromatic carbocycles. The van der Waals surface area contributed by atoms with Gasteiger partial charge in [0.1, 0.15) is 0 Å². The molecule has 0 spiro atoms. The molecule has 1 fully saturated rings. The molecular weight excluding hydrogens is 378 g/mol. The normalized spacial score (nSPS) is 17.9. The van der Waals surface area contributed by atoms with Gasteiger partial charge in [-0.15, -0.1) is 0 Å². The summed E-state index contributed by atoms with van der Waals surface area (Å²) in [5, 5.41) is 2.97. The first-order valence-electron chi connectivity index (χ1n) is 10.5. The van der Waals surface area contributed by atoms with E-state index in [2.05, 4.69) is 24.4 Å². The Kier molecular flexibility index (Phi) is 5.57. The Hall–Kier alpha value is -3.15. The van der Waals surface area contributed by atoms with Gasteiger partial charge in [-0.1, -0.05) is 31.2 Å². The molecule has 30 heavy (non-hydrogen) atoms. The maximum atomic E-state index is 12.6. The zero-order valence-electron chi connectivity index (χ0n) is 17.5. The lowest BCUT2D eigenvalue weighted by molar-refractivity contribution is -0.126. The number of nitrogens with zero attached hydrogens (tertiary/aromatic N) is 2. The molecule has 2 aliphatic heterocycles. The van der Waals surface area contributed by atoms with Gasteiger partial charge in [-0.25, -0.2) is 0 Å². The van der Waals surface area contributed by atoms with Crippen molar-refractivity contribution in [1.29, 1.82) is 0 Å². The molecule has 1 N–H and O–H groups in total. The summed E-state index contributed by atoms with van der Waals surface area (Å²) in [5.74, 6) is -0.452. The van der Waals surface area contributed by atoms with Crippen molar-refractivity contribution >= 4 is 29.1 Å². The van der Waals surface area contributed by atoms with Gasteiger partial charge in [0.15, 0.2) is 0 Å². The number of carbonyl (C=O) groups excluding carboxylic acids is 3. The predicted octanol–water partition coefficient (Wildman–Crippen LogP) is 2.83. The van der Waals surface area contributed by atoms with Crippen LogP contribution in [0.2, 0.25) is 0 Å². The van der Waals surface area contributed by atoms with E-state index in [0.29, 0.717) is 19.6 Å². The van der Waals surface area contributed by atoms with E-state index >= 15 is 0 Å². The first kappa shape index (κ1) is 20.1. The number of anilines is 2. The number of amides is 3. The lowest BCUT2D eigenvalue weighted by Crippen LogP contribution is -2.32. The van der Waals surface area contributed by atoms with Gasteiger partial charge in [-0.3, -0.25) is 14.4 Å². The molecule has 2 heterocycles. The summed E-state index contributed by atoms with van der Waals surface area (Å²) in [6.07, 6.45) is 1.99. The van der Waals surface area contributed by atoms with Crippen LogP contribution in [-0.4, -0.2) is 30.8 Å². The molecule has 0 unspecified atom stereocenters. The Labute approximate surface area is 176 Å². The van der Waals surface area contributed by atoms with E-state index in [4.69, 9.17) is 0 Å². The molecule has 6 nitrogen and oxygen atoms in total. The van der Waals surface area contributed by atoms with Gasteiger partial charge in [0.2, 0.25) is 17.7 Å². The monoisotopic (exact) mass is 405 g/mol. The summed E-state index contributed by atoms with van der Waals surface area (Å²) in [6, 6.07) is 14.0. The fraction of sp³-hybridized carbons (Fsp3) is 0.375. The van der Waals surface area contributed by atoms with Crippen LogP contribution in [-0.2, 0) is 33.8 Å². The summed E-state index contributed by atoms with van der Waals surface area (Å²) >= 11 is 0. The highest BCUT2D eigenvalue weighted by Gasteiger charge is 2.35. The van der Waals surface area contributed by atoms with Gasteiger partial charge in [0, 0.05) is 44.4 Å². The van der Waals surface area contributed by atoms with Crippen molar-refractivity contribution in [3.63, 3.8) is 0 Å². The molecular formula is C24H27N3O3. The van der Waals surface area contributed by atoms with Crippen LogP contribution in [0.15, 0.2) is 42.5 Å². The quantitative estimate of drug-likeness (QED) is 0.832. The highest BCUT2D eigenvalue weighted by Crippen LogP contribution is 2.34. The fourth-order valence-electron chi connectivity index (χ4n) is 4.24. The van der Waals surface area contributed by atoms with Crippen LogP contribution in [0.4, 0.5) is 11.4 Å². The average Bonchev–Trinajstić information content (AvgIpc) is 3.35. The second kappa shape index (κ2) is 8.30. The number of benzene rings is 2. The van der Waals surface area contributed by atoms with Crippen LogP contribution in [0.25, 0.3) is 0 Å². The summed E-state index contributed by atoms with van der Waals surface area (Å²) in [5.41, 5.74) is 5.10. The number of nitrogens with one attached hydrogen (secondary N) is 1. The van der Waals surface area contributed by atoms with E-state index in [-0.39, 0.29) is 30.1 Å². The summed E-state index contributed by atoms with van der Waals surface area (Å²) in [6.45, 7) is 5.20. The molecule has 6 heteroatoms. The second-order valence-corrected chi connectivity index (χ2v) is 8.03. The Morgan fingerprint density at radius 1 is 1.10 bits per heavy atom. The minimum absolute atomic E-state index is 0.0276. The lowest BCUT2D eigenvalue weighted by Gasteiger charge is -2.19. The Balaban J connectivity index is 1.39. The molecule has 2 aromatic rings. The van der Waals surface area contributed by atoms with Gasteiger partial charge in [0.05, 0.1) is 5.92 Å². The molecule has 2 aliphatic rings. The lowest BCUT2D eigenvalue weighted by atomic mass is 10.1. The molecule has 1 atom stereocenters. The number of rotatable bonds is 5. The van der Waals surface area contributed by atoms with Gasteiger partial charge >= 0.3 is 0 Å². The molecule has 0 aliphatic carbocycles. The Bertz CT molecular complexity index is 984. The zero-order valence-corrected chi connectivity index (χ0v) is 17.5. The van der Waals surface area contributed by atoms with Crippen LogP contribution >= 0.6 is 0 Å². The molecule has 156 valence electrons. The molecule has 3 amide bonds. The van der Waals surface area contributed by atoms with E-state index in [1.807, 2.05) is 30.3 Å². The molecule has 0 saturated carbocycles. The third kappa shape index (κ3) is 3.95. The highest BCUT2D eigenvalue weighted by molar-refractivity contribution is 6.01. The Morgan fingerprint density at radius 3 is 2.53 bits per heavy atom. The largest absolute Gasteiger partial charge is 0.352 e. The number of fused-ring (bicyclic) bond motifs is 1. The van der Waals surface area contributed by atoms with E-state index in [1.165, 1.54) is 5.56 Å². The molecule has 0 radical (unpaired) electrons. The highest BCUT2D eigenvalue weighted by atomic mass is 16.2. The third-order valence-corrected chi connectivity index (χ3v) is 6.04. The number of carbonyl (C=O) groups is 3. The number of hydrogen-bond acceptors (Lipinski definition) is 3. The summed E-state index contributed by atoms with van der Waals surface area (Å²) < 4.78 is 0. The second-order valence-electron chi connectivity index (χ2n) is 8.03. The van der Waals surface area contributed by atoms with E-state index in [1.54, 1.807) is 16.7 Å². The SMILES string of the molecule is CCc1ccc(CNC(=O)[C@@H]2CC(=O)N(c3ccc4c(c3)CCN4C(C)=O)C2)cc1. The van der Waals surface area contributed by atoms with Crippen molar-refractivity contribution in [1.82, 2.24) is 5.32 Å². The maximum Gasteiger partial charge on any atom is 0.227 e. The zero-order chi connectivity index (χ0) is 21.3. The first-order chi connectivity index (χ1) is 14.5. The Morgan fingerprint density at radius 2 is 1.83 bits per heavy atom. The molecule has 1 saturated heterocycles. The van der Waals surface area contributed by atoms with Crippen LogP contribution in [0.1, 0.15) is 37.0 Å². The summed E-state index contributed by atoms with van der Waals surface area (Å²) in [7, 11) is 0. The summed E-state index contributed by atoms with van der Waals surface area (Å²) in [4.78, 5) is 40.4. The first-order valence-corrected chi connectivity index (χ1v) is 10.5. The fourth-order valence-corrected chi connectivity index (χ4v) is 4.24. The van der Waals surface area contributed by atoms with Crippen molar-refractivity contribution in [3.8, 4) is 0 Å². The van der Waals surface area contributed by atoms with Crippen LogP contribution in [0, 0.1) is 5.92 Å². The number of hydrogen-bond donors (Lipinski definition) is 1. The van der Waals surface area contributed by atoms with Gasteiger partial charge in [-0.2, -0.15) is 0 Å². The minimum Gasteiger partial charge on any atom is -0.352 e. The topological polar surface area (TPSA) is 69.7 Å². The third-order valence-electron chi connectivity index (χ3n) is 6.04. The van der Waals surface area contributed by atoms with Crippen molar-refractivity contribution < 1.29 is 14.4 Å². The van der Waals surface area contributed by atoms with Crippen LogP contribution < -0.4 is 15.1 Å². The predicted molar refractivity (Wildman–Crippen MR) is 116 cm³/mol. The van der Waals surface area contributed by atoms with Gasteiger partial charge in [-0.05, 0) is 47.7 Å². The van der Waals surface area contributed by atoms with Crippen LogP contribution in [0.5, 0.6) is 0 Å². The van der Waals surface area contributed by atoms with E-state index in [0.717, 1.165) is 35.3 Å². The van der Waals surface area contributed by atoms with Crippen molar-refractivity contribution in [2.75, 3.05) is 22.9 Å². The maximum absolute atomic E-state index is 12.6. The van der Waals surface area contributed by atoms with Crippen molar-refractivity contribution in [2.45, 2.75) is 39.7 Å².